The number of amides is 2. The molecule has 1 saturated heterocycles. The number of hydrogen-bond acceptors (Lipinski definition) is 5. The standard InChI is InChI=1S/C23H23F4N3O5/c1-29(21(33)30-10-6-14(7-11-30)20(31)32)22(8-12-34-18-3-2-9-28-19(18)22)15-4-5-17(16(24)13-15)35-23(25,26)27/h2-5,9,13-14H,6-8,10-12H2,1H3,(H,31,32). The molecular formula is C23H23F4N3O5. The fourth-order valence-corrected chi connectivity index (χ4v) is 4.70. The number of likely N-dealkylation sites (tertiary alicyclic amines) is 1. The van der Waals surface area contributed by atoms with Crippen LogP contribution < -0.4 is 9.47 Å². The van der Waals surface area contributed by atoms with Crippen LogP contribution in [0.5, 0.6) is 11.5 Å². The highest BCUT2D eigenvalue weighted by atomic mass is 19.4. The van der Waals surface area contributed by atoms with Crippen LogP contribution in [0.25, 0.3) is 0 Å². The van der Waals surface area contributed by atoms with Crippen LogP contribution >= 0.6 is 0 Å². The average Bonchev–Trinajstić information content (AvgIpc) is 2.83. The maximum absolute atomic E-state index is 14.8. The number of nitrogens with zero attached hydrogens (tertiary/aromatic N) is 3. The second-order valence-electron chi connectivity index (χ2n) is 8.44. The second kappa shape index (κ2) is 9.23. The number of alkyl halides is 3. The zero-order valence-electron chi connectivity index (χ0n) is 18.7. The van der Waals surface area contributed by atoms with Gasteiger partial charge >= 0.3 is 18.4 Å². The van der Waals surface area contributed by atoms with Crippen molar-refractivity contribution < 1.29 is 41.7 Å². The van der Waals surface area contributed by atoms with Crippen molar-refractivity contribution in [3.63, 3.8) is 0 Å². The summed E-state index contributed by atoms with van der Waals surface area (Å²) in [4.78, 5) is 32.1. The van der Waals surface area contributed by atoms with Gasteiger partial charge in [-0.25, -0.2) is 9.18 Å². The van der Waals surface area contributed by atoms with Crippen molar-refractivity contribution in [2.75, 3.05) is 26.7 Å². The van der Waals surface area contributed by atoms with Gasteiger partial charge in [0.2, 0.25) is 0 Å². The Morgan fingerprint density at radius 1 is 1.26 bits per heavy atom. The van der Waals surface area contributed by atoms with Crippen LogP contribution in [0.3, 0.4) is 0 Å². The van der Waals surface area contributed by atoms with Gasteiger partial charge < -0.3 is 24.4 Å². The molecule has 2 aliphatic rings. The first kappa shape index (κ1) is 24.6. The van der Waals surface area contributed by atoms with Crippen LogP contribution in [-0.4, -0.2) is 65.0 Å². The van der Waals surface area contributed by atoms with E-state index in [9.17, 15) is 32.3 Å². The van der Waals surface area contributed by atoms with E-state index in [1.54, 1.807) is 12.1 Å². The second-order valence-corrected chi connectivity index (χ2v) is 8.44. The van der Waals surface area contributed by atoms with E-state index in [1.807, 2.05) is 0 Å². The third-order valence-electron chi connectivity index (χ3n) is 6.49. The van der Waals surface area contributed by atoms with Gasteiger partial charge in [0.1, 0.15) is 17.0 Å². The number of piperidine rings is 1. The summed E-state index contributed by atoms with van der Waals surface area (Å²) in [6.07, 6.45) is -2.85. The number of benzene rings is 1. The maximum atomic E-state index is 14.8. The van der Waals surface area contributed by atoms with Crippen LogP contribution in [0.15, 0.2) is 36.5 Å². The number of ether oxygens (including phenoxy) is 2. The van der Waals surface area contributed by atoms with E-state index in [2.05, 4.69) is 9.72 Å². The largest absolute Gasteiger partial charge is 0.573 e. The van der Waals surface area contributed by atoms with E-state index in [1.165, 1.54) is 29.1 Å². The lowest BCUT2D eigenvalue weighted by atomic mass is 9.80. The number of fused-ring (bicyclic) bond motifs is 1. The van der Waals surface area contributed by atoms with E-state index >= 15 is 0 Å². The van der Waals surface area contributed by atoms with Gasteiger partial charge in [-0.3, -0.25) is 9.78 Å². The van der Waals surface area contributed by atoms with Crippen molar-refractivity contribution in [2.24, 2.45) is 5.92 Å². The maximum Gasteiger partial charge on any atom is 0.573 e. The summed E-state index contributed by atoms with van der Waals surface area (Å²) < 4.78 is 62.2. The molecule has 1 atom stereocenters. The summed E-state index contributed by atoms with van der Waals surface area (Å²) >= 11 is 0. The molecule has 0 saturated carbocycles. The van der Waals surface area contributed by atoms with Crippen LogP contribution in [0.1, 0.15) is 30.5 Å². The number of hydrogen-bond donors (Lipinski definition) is 1. The van der Waals surface area contributed by atoms with Gasteiger partial charge in [-0.1, -0.05) is 6.07 Å². The highest BCUT2D eigenvalue weighted by molar-refractivity contribution is 5.77. The molecule has 2 aliphatic heterocycles. The lowest BCUT2D eigenvalue weighted by Gasteiger charge is -2.46. The van der Waals surface area contributed by atoms with Gasteiger partial charge in [0, 0.05) is 32.8 Å². The Morgan fingerprint density at radius 3 is 2.60 bits per heavy atom. The molecule has 2 amide bonds. The number of carbonyl (C=O) groups is 2. The first-order chi connectivity index (χ1) is 16.5. The Labute approximate surface area is 198 Å². The molecule has 188 valence electrons. The van der Waals surface area contributed by atoms with Crippen LogP contribution in [0, 0.1) is 11.7 Å². The summed E-state index contributed by atoms with van der Waals surface area (Å²) in [5, 5.41) is 9.24. The third kappa shape index (κ3) is 4.69. The minimum absolute atomic E-state index is 0.139. The van der Waals surface area contributed by atoms with Crippen LogP contribution in [0.4, 0.5) is 22.4 Å². The highest BCUT2D eigenvalue weighted by Crippen LogP contribution is 2.46. The van der Waals surface area contributed by atoms with E-state index < -0.39 is 41.4 Å². The number of urea groups is 1. The molecule has 0 bridgehead atoms. The molecule has 1 unspecified atom stereocenters. The van der Waals surface area contributed by atoms with E-state index in [0.29, 0.717) is 11.4 Å². The lowest BCUT2D eigenvalue weighted by molar-refractivity contribution is -0.275. The quantitative estimate of drug-likeness (QED) is 0.643. The van der Waals surface area contributed by atoms with Crippen molar-refractivity contribution >= 4 is 12.0 Å². The first-order valence-electron chi connectivity index (χ1n) is 10.9. The number of pyridine rings is 1. The fourth-order valence-electron chi connectivity index (χ4n) is 4.70. The number of carboxylic acids is 1. The summed E-state index contributed by atoms with van der Waals surface area (Å²) in [6.45, 7) is 0.572. The molecule has 2 aromatic rings. The van der Waals surface area contributed by atoms with Crippen molar-refractivity contribution in [3.05, 3.63) is 53.6 Å². The van der Waals surface area contributed by atoms with Gasteiger partial charge in [-0.15, -0.1) is 13.2 Å². The number of aliphatic carboxylic acids is 1. The Morgan fingerprint density at radius 2 is 1.97 bits per heavy atom. The molecule has 1 aromatic heterocycles. The topological polar surface area (TPSA) is 92.2 Å². The number of aromatic nitrogens is 1. The molecule has 0 aliphatic carbocycles. The van der Waals surface area contributed by atoms with Crippen molar-refractivity contribution in [3.8, 4) is 11.5 Å². The molecule has 4 rings (SSSR count). The highest BCUT2D eigenvalue weighted by Gasteiger charge is 2.48. The van der Waals surface area contributed by atoms with Crippen molar-refractivity contribution in [1.29, 1.82) is 0 Å². The molecular weight excluding hydrogens is 474 g/mol. The van der Waals surface area contributed by atoms with Gasteiger partial charge in [-0.2, -0.15) is 0 Å². The van der Waals surface area contributed by atoms with Crippen molar-refractivity contribution in [1.82, 2.24) is 14.8 Å². The van der Waals surface area contributed by atoms with E-state index in [4.69, 9.17) is 4.74 Å². The van der Waals surface area contributed by atoms with Crippen molar-refractivity contribution in [2.45, 2.75) is 31.2 Å². The smallest absolute Gasteiger partial charge is 0.491 e. The summed E-state index contributed by atoms with van der Waals surface area (Å²) in [5.41, 5.74) is -0.844. The van der Waals surface area contributed by atoms with Gasteiger partial charge in [0.25, 0.3) is 0 Å². The number of carboxylic acid groups (broad SMARTS) is 1. The molecule has 1 fully saturated rings. The van der Waals surface area contributed by atoms with E-state index in [-0.39, 0.29) is 44.5 Å². The number of halogens is 4. The van der Waals surface area contributed by atoms with Crippen LogP contribution in [-0.2, 0) is 10.3 Å². The molecule has 12 heteroatoms. The first-order valence-corrected chi connectivity index (χ1v) is 10.9. The number of rotatable bonds is 4. The Kier molecular flexibility index (Phi) is 6.48. The van der Waals surface area contributed by atoms with E-state index in [0.717, 1.165) is 12.1 Å². The number of carbonyl (C=O) groups excluding carboxylic acids is 1. The monoisotopic (exact) mass is 497 g/mol. The third-order valence-corrected chi connectivity index (χ3v) is 6.49. The molecule has 0 spiro atoms. The summed E-state index contributed by atoms with van der Waals surface area (Å²) in [7, 11) is 1.51. The molecule has 0 radical (unpaired) electrons. The Hall–Kier alpha value is -3.57. The Balaban J connectivity index is 1.74. The molecule has 1 aromatic carbocycles. The average molecular weight is 497 g/mol. The lowest BCUT2D eigenvalue weighted by Crippen LogP contribution is -2.56. The van der Waals surface area contributed by atoms with Gasteiger partial charge in [0.05, 0.1) is 12.5 Å². The minimum atomic E-state index is -5.07. The molecule has 3 heterocycles. The van der Waals surface area contributed by atoms with Gasteiger partial charge in [0.15, 0.2) is 11.6 Å². The molecule has 1 N–H and O–H groups in total. The zero-order valence-corrected chi connectivity index (χ0v) is 18.7. The SMILES string of the molecule is CN(C(=O)N1CCC(C(=O)O)CC1)C1(c2ccc(OC(F)(F)F)c(F)c2)CCOc2cccnc21. The molecule has 35 heavy (non-hydrogen) atoms. The van der Waals surface area contributed by atoms with Crippen LogP contribution in [0.2, 0.25) is 0 Å². The summed E-state index contributed by atoms with van der Waals surface area (Å²) in [6, 6.07) is 5.89. The zero-order chi connectivity index (χ0) is 25.4. The Bertz CT molecular complexity index is 1120. The van der Waals surface area contributed by atoms with Gasteiger partial charge in [-0.05, 0) is 42.7 Å². The predicted molar refractivity (Wildman–Crippen MR) is 113 cm³/mol. The fraction of sp³-hybridized carbons (Fsp3) is 0.435. The minimum Gasteiger partial charge on any atom is -0.491 e. The molecule has 8 nitrogen and oxygen atoms in total. The summed E-state index contributed by atoms with van der Waals surface area (Å²) in [5.74, 6) is -3.33. The predicted octanol–water partition coefficient (Wildman–Crippen LogP) is 3.99. The normalized spacial score (nSPS) is 20.5.